The number of aliphatic hydroxyl groups excluding tert-OH is 1. The summed E-state index contributed by atoms with van der Waals surface area (Å²) in [7, 11) is 0. The van der Waals surface area contributed by atoms with E-state index in [-0.39, 0.29) is 41.3 Å². The number of halogens is 1. The number of nitrogens with one attached hydrogen (secondary N) is 1. The molecule has 1 atom stereocenters. The third kappa shape index (κ3) is 4.50. The van der Waals surface area contributed by atoms with E-state index >= 15 is 0 Å². The molecule has 32 heavy (non-hydrogen) atoms. The van der Waals surface area contributed by atoms with Crippen LogP contribution in [-0.2, 0) is 0 Å². The number of amides is 1. The maximum Gasteiger partial charge on any atom is 0.274 e. The fourth-order valence-corrected chi connectivity index (χ4v) is 3.39. The number of aromatic hydroxyl groups is 1. The zero-order valence-electron chi connectivity index (χ0n) is 16.9. The smallest absolute Gasteiger partial charge is 0.274 e. The van der Waals surface area contributed by atoms with E-state index < -0.39 is 17.8 Å². The van der Waals surface area contributed by atoms with Crippen molar-refractivity contribution in [3.8, 4) is 5.75 Å². The van der Waals surface area contributed by atoms with Crippen molar-refractivity contribution in [1.29, 1.82) is 0 Å². The molecule has 0 bridgehead atoms. The van der Waals surface area contributed by atoms with Crippen LogP contribution in [-0.4, -0.2) is 31.3 Å². The molecule has 7 nitrogen and oxygen atoms in total. The third-order valence-corrected chi connectivity index (χ3v) is 5.09. The first-order valence-electron chi connectivity index (χ1n) is 9.95. The van der Waals surface area contributed by atoms with Crippen molar-refractivity contribution in [3.63, 3.8) is 0 Å². The first-order chi connectivity index (χ1) is 15.4. The van der Waals surface area contributed by atoms with Gasteiger partial charge in [-0.3, -0.25) is 14.0 Å². The van der Waals surface area contributed by atoms with Crippen LogP contribution in [0.5, 0.6) is 5.75 Å². The number of aromatic nitrogens is 2. The van der Waals surface area contributed by atoms with E-state index in [0.29, 0.717) is 11.2 Å². The molecule has 0 spiro atoms. The number of aliphatic hydroxyl groups is 1. The average molecular weight is 433 g/mol. The van der Waals surface area contributed by atoms with Crippen LogP contribution in [0.15, 0.2) is 73.1 Å². The summed E-state index contributed by atoms with van der Waals surface area (Å²) in [6.07, 6.45) is 2.26. The van der Waals surface area contributed by atoms with E-state index in [1.54, 1.807) is 40.9 Å². The lowest BCUT2D eigenvalue weighted by Gasteiger charge is -2.12. The lowest BCUT2D eigenvalue weighted by atomic mass is 10.00. The molecule has 1 amide bonds. The number of benzene rings is 2. The Labute approximate surface area is 182 Å². The number of phenols is 1. The predicted octanol–water partition coefficient (Wildman–Crippen LogP) is 4.13. The van der Waals surface area contributed by atoms with Crippen molar-refractivity contribution in [2.45, 2.75) is 18.9 Å². The minimum atomic E-state index is -0.930. The number of hydrogen-bond acceptors (Lipinski definition) is 5. The molecule has 0 fully saturated rings. The summed E-state index contributed by atoms with van der Waals surface area (Å²) >= 11 is 0. The molecule has 2 aromatic carbocycles. The molecule has 4 aromatic rings. The van der Waals surface area contributed by atoms with Crippen molar-refractivity contribution in [2.24, 2.45) is 0 Å². The standard InChI is InChI=1S/C24H20FN3O4/c25-18-8-7-16(22(31)10-9-21(30)15-4-3-5-17(29)12-15)13-19(18)27-24(32)20-14-26-23-6-1-2-11-28(20)23/h1-8,11-14,21,29-30H,9-10H2,(H,27,32)/t21-/m1/s1. The maximum atomic E-state index is 14.3. The molecule has 162 valence electrons. The third-order valence-electron chi connectivity index (χ3n) is 5.09. The highest BCUT2D eigenvalue weighted by molar-refractivity contribution is 6.04. The number of phenolic OH excluding ortho intramolecular Hbond substituents is 1. The summed E-state index contributed by atoms with van der Waals surface area (Å²) in [4.78, 5) is 29.4. The Morgan fingerprint density at radius 3 is 2.75 bits per heavy atom. The van der Waals surface area contributed by atoms with Crippen LogP contribution in [0.3, 0.4) is 0 Å². The van der Waals surface area contributed by atoms with E-state index in [1.165, 1.54) is 30.5 Å². The monoisotopic (exact) mass is 433 g/mol. The lowest BCUT2D eigenvalue weighted by molar-refractivity contribution is 0.0939. The number of rotatable bonds is 7. The molecule has 0 aliphatic rings. The van der Waals surface area contributed by atoms with Gasteiger partial charge in [0.2, 0.25) is 0 Å². The Hall–Kier alpha value is -4.04. The second-order valence-corrected chi connectivity index (χ2v) is 7.29. The Balaban J connectivity index is 1.46. The van der Waals surface area contributed by atoms with Gasteiger partial charge in [0.25, 0.3) is 5.91 Å². The minimum Gasteiger partial charge on any atom is -0.508 e. The van der Waals surface area contributed by atoms with Gasteiger partial charge in [-0.25, -0.2) is 9.37 Å². The molecular formula is C24H20FN3O4. The van der Waals surface area contributed by atoms with E-state index in [0.717, 1.165) is 6.07 Å². The van der Waals surface area contributed by atoms with Crippen LogP contribution >= 0.6 is 0 Å². The number of hydrogen-bond donors (Lipinski definition) is 3. The summed E-state index contributed by atoms with van der Waals surface area (Å²) in [6.45, 7) is 0. The highest BCUT2D eigenvalue weighted by Gasteiger charge is 2.17. The summed E-state index contributed by atoms with van der Waals surface area (Å²) in [5.74, 6) is -1.53. The van der Waals surface area contributed by atoms with Crippen molar-refractivity contribution >= 4 is 23.0 Å². The first-order valence-corrected chi connectivity index (χ1v) is 9.95. The van der Waals surface area contributed by atoms with Crippen LogP contribution in [0.2, 0.25) is 0 Å². The second-order valence-electron chi connectivity index (χ2n) is 7.29. The van der Waals surface area contributed by atoms with Gasteiger partial charge in [0.05, 0.1) is 18.0 Å². The van der Waals surface area contributed by atoms with Crippen LogP contribution in [0, 0.1) is 5.82 Å². The van der Waals surface area contributed by atoms with Crippen molar-refractivity contribution in [3.05, 3.63) is 95.7 Å². The van der Waals surface area contributed by atoms with Gasteiger partial charge >= 0.3 is 0 Å². The highest BCUT2D eigenvalue weighted by Crippen LogP contribution is 2.24. The molecule has 2 heterocycles. The van der Waals surface area contributed by atoms with Gasteiger partial charge in [0.15, 0.2) is 5.78 Å². The fraction of sp³-hybridized carbons (Fsp3) is 0.125. The average Bonchev–Trinajstić information content (AvgIpc) is 3.23. The Bertz CT molecular complexity index is 1300. The van der Waals surface area contributed by atoms with Gasteiger partial charge < -0.3 is 15.5 Å². The predicted molar refractivity (Wildman–Crippen MR) is 116 cm³/mol. The quantitative estimate of drug-likeness (QED) is 0.380. The summed E-state index contributed by atoms with van der Waals surface area (Å²) in [6, 6.07) is 15.2. The Kier molecular flexibility index (Phi) is 5.96. The Morgan fingerprint density at radius 2 is 1.94 bits per heavy atom. The fourth-order valence-electron chi connectivity index (χ4n) is 3.39. The van der Waals surface area contributed by atoms with Gasteiger partial charge in [-0.15, -0.1) is 0 Å². The number of pyridine rings is 1. The minimum absolute atomic E-state index is 0.00308. The van der Waals surface area contributed by atoms with E-state index in [1.807, 2.05) is 0 Å². The SMILES string of the molecule is O=C(CC[C@@H](O)c1cccc(O)c1)c1ccc(F)c(NC(=O)c2cnc3ccccn23)c1. The molecule has 4 rings (SSSR count). The number of Topliss-reactive ketones (excluding diaryl/α,β-unsaturated/α-hetero) is 1. The molecular weight excluding hydrogens is 413 g/mol. The largest absolute Gasteiger partial charge is 0.508 e. The van der Waals surface area contributed by atoms with E-state index in [2.05, 4.69) is 10.3 Å². The van der Waals surface area contributed by atoms with Gasteiger partial charge in [-0.1, -0.05) is 18.2 Å². The van der Waals surface area contributed by atoms with Crippen LogP contribution in [0.25, 0.3) is 5.65 Å². The summed E-state index contributed by atoms with van der Waals surface area (Å²) in [5.41, 5.74) is 1.39. The number of carbonyl (C=O) groups excluding carboxylic acids is 2. The molecule has 0 aliphatic carbocycles. The van der Waals surface area contributed by atoms with Crippen LogP contribution < -0.4 is 5.32 Å². The lowest BCUT2D eigenvalue weighted by Crippen LogP contribution is -2.16. The van der Waals surface area contributed by atoms with Crippen molar-refractivity contribution < 1.29 is 24.2 Å². The van der Waals surface area contributed by atoms with Gasteiger partial charge in [0.1, 0.15) is 22.9 Å². The summed E-state index contributed by atoms with van der Waals surface area (Å²) < 4.78 is 15.9. The summed E-state index contributed by atoms with van der Waals surface area (Å²) in [5, 5.41) is 22.3. The normalized spacial score (nSPS) is 11.9. The molecule has 0 radical (unpaired) electrons. The number of ketones is 1. The van der Waals surface area contributed by atoms with Gasteiger partial charge in [0, 0.05) is 18.2 Å². The molecule has 8 heteroatoms. The molecule has 2 aromatic heterocycles. The number of nitrogens with zero attached hydrogens (tertiary/aromatic N) is 2. The molecule has 0 aliphatic heterocycles. The Morgan fingerprint density at radius 1 is 1.09 bits per heavy atom. The molecule has 0 saturated carbocycles. The molecule has 3 N–H and O–H groups in total. The van der Waals surface area contributed by atoms with Crippen molar-refractivity contribution in [1.82, 2.24) is 9.38 Å². The highest BCUT2D eigenvalue weighted by atomic mass is 19.1. The second kappa shape index (κ2) is 8.99. The number of carbonyl (C=O) groups is 2. The van der Waals surface area contributed by atoms with Crippen molar-refractivity contribution in [2.75, 3.05) is 5.32 Å². The number of fused-ring (bicyclic) bond motifs is 1. The zero-order chi connectivity index (χ0) is 22.7. The number of anilines is 1. The van der Waals surface area contributed by atoms with Crippen LogP contribution in [0.1, 0.15) is 45.4 Å². The number of imidazole rings is 1. The molecule has 0 unspecified atom stereocenters. The van der Waals surface area contributed by atoms with Crippen LogP contribution in [0.4, 0.5) is 10.1 Å². The van der Waals surface area contributed by atoms with E-state index in [9.17, 15) is 24.2 Å². The maximum absolute atomic E-state index is 14.3. The molecule has 0 saturated heterocycles. The zero-order valence-corrected chi connectivity index (χ0v) is 16.9. The topological polar surface area (TPSA) is 104 Å². The van der Waals surface area contributed by atoms with E-state index in [4.69, 9.17) is 0 Å². The van der Waals surface area contributed by atoms with Gasteiger partial charge in [-0.05, 0) is 54.4 Å². The van der Waals surface area contributed by atoms with Gasteiger partial charge in [-0.2, -0.15) is 0 Å². The first kappa shape index (κ1) is 21.2.